The molecule has 5 fully saturated rings. The number of carbonyl (C=O) groups is 1. The average molecular weight is 605 g/mol. The number of hydrogen-bond donors (Lipinski definition) is 5. The van der Waals surface area contributed by atoms with E-state index >= 15 is 0 Å². The van der Waals surface area contributed by atoms with Gasteiger partial charge in [-0.05, 0) is 103 Å². The van der Waals surface area contributed by atoms with E-state index in [9.17, 15) is 30.3 Å². The van der Waals surface area contributed by atoms with Crippen LogP contribution in [0.4, 0.5) is 0 Å². The number of esters is 1. The van der Waals surface area contributed by atoms with Gasteiger partial charge in [-0.2, -0.15) is 0 Å². The van der Waals surface area contributed by atoms with Gasteiger partial charge in [-0.15, -0.1) is 0 Å². The van der Waals surface area contributed by atoms with Crippen LogP contribution in [0.2, 0.25) is 0 Å². The monoisotopic (exact) mass is 604 g/mol. The highest BCUT2D eigenvalue weighted by Gasteiger charge is 2.71. The van der Waals surface area contributed by atoms with Crippen molar-refractivity contribution in [2.75, 3.05) is 6.61 Å². The van der Waals surface area contributed by atoms with Crippen LogP contribution >= 0.6 is 0 Å². The summed E-state index contributed by atoms with van der Waals surface area (Å²) in [4.78, 5) is 14.3. The fraction of sp³-hybridized carbons (Fsp3) is 0.914. The van der Waals surface area contributed by atoms with Gasteiger partial charge in [0.05, 0.1) is 18.8 Å². The minimum absolute atomic E-state index is 0.0284. The first-order valence-corrected chi connectivity index (χ1v) is 16.8. The molecule has 8 nitrogen and oxygen atoms in total. The molecule has 0 bridgehead atoms. The fourth-order valence-corrected chi connectivity index (χ4v) is 11.8. The molecule has 5 aliphatic carbocycles. The normalized spacial score (nSPS) is 53.8. The lowest BCUT2D eigenvalue weighted by atomic mass is 9.33. The third kappa shape index (κ3) is 4.25. The van der Waals surface area contributed by atoms with E-state index in [0.717, 1.165) is 44.9 Å². The van der Waals surface area contributed by atoms with Gasteiger partial charge in [-0.1, -0.05) is 60.1 Å². The first kappa shape index (κ1) is 31.9. The van der Waals surface area contributed by atoms with Crippen molar-refractivity contribution in [1.29, 1.82) is 0 Å². The van der Waals surface area contributed by atoms with Gasteiger partial charge in [0.2, 0.25) is 6.29 Å². The van der Waals surface area contributed by atoms with Crippen molar-refractivity contribution in [1.82, 2.24) is 0 Å². The number of fused-ring (bicyclic) bond motifs is 7. The Kier molecular flexibility index (Phi) is 7.41. The van der Waals surface area contributed by atoms with Gasteiger partial charge < -0.3 is 35.0 Å². The Labute approximate surface area is 257 Å². The summed E-state index contributed by atoms with van der Waals surface area (Å²) in [6.45, 7) is 16.0. The van der Waals surface area contributed by atoms with Crippen LogP contribution < -0.4 is 0 Å². The summed E-state index contributed by atoms with van der Waals surface area (Å²) in [5, 5.41) is 54.0. The van der Waals surface area contributed by atoms with Crippen LogP contribution in [-0.2, 0) is 14.3 Å². The summed E-state index contributed by atoms with van der Waals surface area (Å²) in [6.07, 6.45) is 2.71. The van der Waals surface area contributed by atoms with Gasteiger partial charge in [-0.3, -0.25) is 4.79 Å². The van der Waals surface area contributed by atoms with E-state index in [4.69, 9.17) is 9.47 Å². The third-order valence-corrected chi connectivity index (χ3v) is 14.7. The van der Waals surface area contributed by atoms with E-state index in [1.54, 1.807) is 0 Å². The van der Waals surface area contributed by atoms with Gasteiger partial charge >= 0.3 is 5.97 Å². The molecule has 0 amide bonds. The number of hydrogen-bond acceptors (Lipinski definition) is 8. The van der Waals surface area contributed by atoms with E-state index < -0.39 is 42.1 Å². The highest BCUT2D eigenvalue weighted by atomic mass is 16.7. The number of carbonyl (C=O) groups excluding carboxylic acids is 1. The summed E-state index contributed by atoms with van der Waals surface area (Å²) in [7, 11) is 0. The second-order valence-electron chi connectivity index (χ2n) is 17.5. The highest BCUT2D eigenvalue weighted by molar-refractivity contribution is 5.80. The molecular weight excluding hydrogens is 548 g/mol. The molecule has 3 unspecified atom stereocenters. The van der Waals surface area contributed by atoms with Crippen molar-refractivity contribution in [2.45, 2.75) is 143 Å². The quantitative estimate of drug-likeness (QED) is 0.235. The molecule has 5 N–H and O–H groups in total. The zero-order chi connectivity index (χ0) is 31.5. The molecule has 1 heterocycles. The predicted octanol–water partition coefficient (Wildman–Crippen LogP) is 4.10. The minimum Gasteiger partial charge on any atom is -0.432 e. The lowest BCUT2D eigenvalue weighted by Crippen LogP contribution is -2.68. The van der Waals surface area contributed by atoms with Crippen LogP contribution in [0.15, 0.2) is 11.6 Å². The molecule has 0 aromatic carbocycles. The number of aliphatic hydroxyl groups excluding tert-OH is 5. The lowest BCUT2D eigenvalue weighted by molar-refractivity contribution is -0.274. The van der Waals surface area contributed by atoms with Crippen molar-refractivity contribution in [3.8, 4) is 0 Å². The third-order valence-electron chi connectivity index (χ3n) is 14.7. The summed E-state index contributed by atoms with van der Waals surface area (Å²) in [5.41, 5.74) is -0.392. The smallest absolute Gasteiger partial charge is 0.317 e. The second-order valence-corrected chi connectivity index (χ2v) is 17.5. The average Bonchev–Trinajstić information content (AvgIpc) is 2.91. The first-order chi connectivity index (χ1) is 19.8. The molecule has 8 heteroatoms. The molecule has 6 rings (SSSR count). The van der Waals surface area contributed by atoms with Gasteiger partial charge in [0.25, 0.3) is 0 Å². The summed E-state index contributed by atoms with van der Waals surface area (Å²) in [6, 6.07) is 0. The molecule has 1 saturated heterocycles. The van der Waals surface area contributed by atoms with Crippen LogP contribution in [0, 0.1) is 50.2 Å². The van der Waals surface area contributed by atoms with Crippen LogP contribution in [0.3, 0.4) is 0 Å². The van der Waals surface area contributed by atoms with E-state index in [1.165, 1.54) is 5.57 Å². The zero-order valence-electron chi connectivity index (χ0n) is 27.3. The summed E-state index contributed by atoms with van der Waals surface area (Å²) < 4.78 is 11.3. The SMILES string of the molecule is CC1(C)CC[C@]2(C(=O)O[C@H]3OC[C@@H](O)C(O)C3O)C(O)C[C@]3(C)C(=CC[C@@H]4[C@@]5(C)CC[C@H](O)C(C)(C)[C@@H]5CC[C@]43C)[C@@H]2C1. The molecule has 0 aromatic rings. The Bertz CT molecular complexity index is 1160. The van der Waals surface area contributed by atoms with Crippen molar-refractivity contribution in [3.63, 3.8) is 0 Å². The van der Waals surface area contributed by atoms with E-state index in [0.29, 0.717) is 24.7 Å². The molecule has 6 aliphatic rings. The molecule has 4 saturated carbocycles. The van der Waals surface area contributed by atoms with E-state index in [-0.39, 0.29) is 45.7 Å². The van der Waals surface area contributed by atoms with Crippen molar-refractivity contribution in [3.05, 3.63) is 11.6 Å². The van der Waals surface area contributed by atoms with Crippen LogP contribution in [0.1, 0.15) is 106 Å². The van der Waals surface area contributed by atoms with Crippen LogP contribution in [0.25, 0.3) is 0 Å². The maximum Gasteiger partial charge on any atom is 0.317 e. The topological polar surface area (TPSA) is 137 Å². The van der Waals surface area contributed by atoms with Crippen molar-refractivity contribution in [2.24, 2.45) is 50.2 Å². The fourth-order valence-electron chi connectivity index (χ4n) is 11.8. The number of aliphatic hydroxyl groups is 5. The highest BCUT2D eigenvalue weighted by Crippen LogP contribution is 2.75. The molecule has 0 radical (unpaired) electrons. The molecule has 13 atom stereocenters. The Morgan fingerprint density at radius 1 is 0.837 bits per heavy atom. The molecule has 0 spiro atoms. The largest absolute Gasteiger partial charge is 0.432 e. The maximum absolute atomic E-state index is 14.3. The zero-order valence-corrected chi connectivity index (χ0v) is 27.3. The molecule has 43 heavy (non-hydrogen) atoms. The number of allylic oxidation sites excluding steroid dienone is 2. The second kappa shape index (κ2) is 9.98. The van der Waals surface area contributed by atoms with Gasteiger partial charge in [0, 0.05) is 0 Å². The Morgan fingerprint density at radius 2 is 1.53 bits per heavy atom. The Hall–Kier alpha value is -1.03. The van der Waals surface area contributed by atoms with Crippen molar-refractivity contribution < 1.29 is 39.8 Å². The van der Waals surface area contributed by atoms with E-state index in [1.807, 2.05) is 0 Å². The summed E-state index contributed by atoms with van der Waals surface area (Å²) in [5.74, 6) is 0.0253. The molecule has 244 valence electrons. The van der Waals surface area contributed by atoms with Gasteiger partial charge in [-0.25, -0.2) is 0 Å². The number of rotatable bonds is 2. The van der Waals surface area contributed by atoms with Crippen LogP contribution in [0.5, 0.6) is 0 Å². The number of ether oxygens (including phenoxy) is 2. The summed E-state index contributed by atoms with van der Waals surface area (Å²) >= 11 is 0. The Balaban J connectivity index is 1.39. The predicted molar refractivity (Wildman–Crippen MR) is 160 cm³/mol. The molecular formula is C35H56O8. The molecule has 1 aliphatic heterocycles. The maximum atomic E-state index is 14.3. The van der Waals surface area contributed by atoms with E-state index in [2.05, 4.69) is 54.5 Å². The van der Waals surface area contributed by atoms with Gasteiger partial charge in [0.1, 0.15) is 23.7 Å². The lowest BCUT2D eigenvalue weighted by Gasteiger charge is -2.71. The van der Waals surface area contributed by atoms with Gasteiger partial charge in [0.15, 0.2) is 0 Å². The Morgan fingerprint density at radius 3 is 2.23 bits per heavy atom. The minimum atomic E-state index is -1.57. The first-order valence-electron chi connectivity index (χ1n) is 16.8. The standard InChI is InChI=1S/C35H56O8/c1-30(2)14-15-35(29(41)43-28-27(40)26(39)21(36)18-42-28)20(16-30)19-8-9-23-32(5)12-11-24(37)31(3,4)22(32)10-13-33(23,6)34(19,7)17-25(35)38/h8,20-28,36-40H,9-18H2,1-7H3/t20-,21+,22-,23+,24-,25?,26?,27?,28+,32-,33+,34+,35+/m0/s1. The van der Waals surface area contributed by atoms with Crippen LogP contribution in [-0.4, -0.2) is 74.9 Å². The van der Waals surface area contributed by atoms with Crippen molar-refractivity contribution >= 4 is 5.97 Å². The molecule has 0 aromatic heterocycles.